The number of piperidine rings is 1. The molecule has 0 atom stereocenters. The van der Waals surface area contributed by atoms with Crippen LogP contribution in [0, 0.1) is 23.4 Å². The molecule has 1 aliphatic rings. The van der Waals surface area contributed by atoms with Crippen molar-refractivity contribution < 1.29 is 26.4 Å². The van der Waals surface area contributed by atoms with E-state index in [2.05, 4.69) is 4.72 Å². The third-order valence-corrected chi connectivity index (χ3v) is 6.12. The van der Waals surface area contributed by atoms with E-state index in [1.54, 1.807) is 6.07 Å². The highest BCUT2D eigenvalue weighted by Gasteiger charge is 2.26. The molecule has 2 aromatic rings. The summed E-state index contributed by atoms with van der Waals surface area (Å²) >= 11 is 0. The molecule has 9 heteroatoms. The van der Waals surface area contributed by atoms with E-state index in [9.17, 15) is 26.4 Å². The van der Waals surface area contributed by atoms with Crippen molar-refractivity contribution in [1.29, 1.82) is 0 Å². The lowest BCUT2D eigenvalue weighted by atomic mass is 9.96. The number of carbonyl (C=O) groups is 1. The summed E-state index contributed by atoms with van der Waals surface area (Å²) in [6, 6.07) is 7.85. The number of hydrogen-bond acceptors (Lipinski definition) is 3. The molecule has 0 radical (unpaired) electrons. The molecule has 1 aliphatic heterocycles. The van der Waals surface area contributed by atoms with Crippen molar-refractivity contribution in [3.8, 4) is 0 Å². The maximum Gasteiger partial charge on any atom is 0.256 e. The summed E-state index contributed by atoms with van der Waals surface area (Å²) in [5.74, 6) is -2.96. The average molecular weight is 412 g/mol. The molecule has 1 fully saturated rings. The highest BCUT2D eigenvalue weighted by molar-refractivity contribution is 7.89. The monoisotopic (exact) mass is 412 g/mol. The van der Waals surface area contributed by atoms with E-state index in [1.165, 1.54) is 23.1 Å². The standard InChI is InChI=1S/C19H19F3N2O3S/c20-14-9-15(21)11-16(10-14)28(26,27)23-12-13-5-7-24(8-6-13)19(25)17-3-1-2-4-18(17)22/h1-4,9-11,13,23H,5-8,12H2. The molecule has 1 saturated heterocycles. The molecule has 0 aliphatic carbocycles. The largest absolute Gasteiger partial charge is 0.339 e. The molecule has 0 bridgehead atoms. The number of nitrogens with one attached hydrogen (secondary N) is 1. The Morgan fingerprint density at radius 1 is 1.04 bits per heavy atom. The molecule has 0 spiro atoms. The van der Waals surface area contributed by atoms with Crippen LogP contribution in [0.25, 0.3) is 0 Å². The van der Waals surface area contributed by atoms with Gasteiger partial charge in [0.2, 0.25) is 10.0 Å². The zero-order valence-electron chi connectivity index (χ0n) is 14.9. The van der Waals surface area contributed by atoms with Gasteiger partial charge in [0.25, 0.3) is 5.91 Å². The first-order valence-electron chi connectivity index (χ1n) is 8.76. The van der Waals surface area contributed by atoms with Gasteiger partial charge in [-0.05, 0) is 43.0 Å². The first-order chi connectivity index (χ1) is 13.3. The minimum absolute atomic E-state index is 0.00906. The average Bonchev–Trinajstić information content (AvgIpc) is 2.66. The van der Waals surface area contributed by atoms with E-state index in [0.29, 0.717) is 32.0 Å². The molecular formula is C19H19F3N2O3S. The van der Waals surface area contributed by atoms with Crippen LogP contribution < -0.4 is 4.72 Å². The van der Waals surface area contributed by atoms with Crippen LogP contribution in [-0.2, 0) is 10.0 Å². The second kappa shape index (κ2) is 8.32. The van der Waals surface area contributed by atoms with Gasteiger partial charge in [0.1, 0.15) is 17.5 Å². The molecule has 0 unspecified atom stereocenters. The Bertz CT molecular complexity index is 954. The van der Waals surface area contributed by atoms with Gasteiger partial charge in [0.15, 0.2) is 0 Å². The van der Waals surface area contributed by atoms with Gasteiger partial charge in [0.05, 0.1) is 10.5 Å². The van der Waals surface area contributed by atoms with Gasteiger partial charge < -0.3 is 4.90 Å². The van der Waals surface area contributed by atoms with Crippen molar-refractivity contribution in [3.05, 3.63) is 65.5 Å². The molecule has 0 saturated carbocycles. The van der Waals surface area contributed by atoms with E-state index in [0.717, 1.165) is 12.1 Å². The number of benzene rings is 2. The minimum Gasteiger partial charge on any atom is -0.339 e. The fourth-order valence-electron chi connectivity index (χ4n) is 3.14. The predicted molar refractivity (Wildman–Crippen MR) is 96.6 cm³/mol. The lowest BCUT2D eigenvalue weighted by Crippen LogP contribution is -2.41. The minimum atomic E-state index is -4.04. The topological polar surface area (TPSA) is 66.5 Å². The first kappa shape index (κ1) is 20.3. The van der Waals surface area contributed by atoms with E-state index < -0.39 is 38.3 Å². The summed E-state index contributed by atoms with van der Waals surface area (Å²) in [5.41, 5.74) is 0.00906. The molecule has 1 N–H and O–H groups in total. The van der Waals surface area contributed by atoms with Crippen LogP contribution in [0.1, 0.15) is 23.2 Å². The molecule has 5 nitrogen and oxygen atoms in total. The van der Waals surface area contributed by atoms with Gasteiger partial charge in [-0.3, -0.25) is 4.79 Å². The molecule has 150 valence electrons. The van der Waals surface area contributed by atoms with Gasteiger partial charge in [-0.2, -0.15) is 0 Å². The van der Waals surface area contributed by atoms with Crippen LogP contribution in [0.3, 0.4) is 0 Å². The Hall–Kier alpha value is -2.39. The lowest BCUT2D eigenvalue weighted by molar-refractivity contribution is 0.0687. The summed E-state index contributed by atoms with van der Waals surface area (Å²) in [4.78, 5) is 13.5. The van der Waals surface area contributed by atoms with Crippen molar-refractivity contribution in [3.63, 3.8) is 0 Å². The third-order valence-electron chi connectivity index (χ3n) is 4.71. The fraction of sp³-hybridized carbons (Fsp3) is 0.316. The van der Waals surface area contributed by atoms with E-state index >= 15 is 0 Å². The molecular weight excluding hydrogens is 393 g/mol. The molecule has 1 heterocycles. The van der Waals surface area contributed by atoms with Crippen molar-refractivity contribution >= 4 is 15.9 Å². The summed E-state index contributed by atoms with van der Waals surface area (Å²) in [6.07, 6.45) is 1.06. The van der Waals surface area contributed by atoms with Crippen molar-refractivity contribution in [2.24, 2.45) is 5.92 Å². The smallest absolute Gasteiger partial charge is 0.256 e. The van der Waals surface area contributed by atoms with Crippen LogP contribution in [0.5, 0.6) is 0 Å². The Labute approximate surface area is 161 Å². The van der Waals surface area contributed by atoms with Gasteiger partial charge >= 0.3 is 0 Å². The maximum absolute atomic E-state index is 13.8. The van der Waals surface area contributed by atoms with E-state index in [-0.39, 0.29) is 18.0 Å². The Morgan fingerprint density at radius 3 is 2.25 bits per heavy atom. The number of rotatable bonds is 5. The molecule has 28 heavy (non-hydrogen) atoms. The SMILES string of the molecule is O=C(c1ccccc1F)N1CCC(CNS(=O)(=O)c2cc(F)cc(F)c2)CC1. The normalized spacial score (nSPS) is 15.6. The number of amides is 1. The molecule has 1 amide bonds. The summed E-state index contributed by atoms with van der Waals surface area (Å²) < 4.78 is 67.1. The number of likely N-dealkylation sites (tertiary alicyclic amines) is 1. The van der Waals surface area contributed by atoms with E-state index in [4.69, 9.17) is 0 Å². The Kier molecular flexibility index (Phi) is 6.04. The van der Waals surface area contributed by atoms with Crippen LogP contribution in [0.15, 0.2) is 47.4 Å². The Balaban J connectivity index is 1.56. The number of halogens is 3. The number of carbonyl (C=O) groups excluding carboxylic acids is 1. The summed E-state index contributed by atoms with van der Waals surface area (Å²) in [6.45, 7) is 0.824. The molecule has 0 aromatic heterocycles. The number of hydrogen-bond donors (Lipinski definition) is 1. The van der Waals surface area contributed by atoms with Gasteiger partial charge in [-0.25, -0.2) is 26.3 Å². The second-order valence-electron chi connectivity index (χ2n) is 6.67. The predicted octanol–water partition coefficient (Wildman–Crippen LogP) is 2.93. The van der Waals surface area contributed by atoms with Crippen molar-refractivity contribution in [2.45, 2.75) is 17.7 Å². The Morgan fingerprint density at radius 2 is 1.64 bits per heavy atom. The van der Waals surface area contributed by atoms with Crippen LogP contribution in [0.4, 0.5) is 13.2 Å². The fourth-order valence-corrected chi connectivity index (χ4v) is 4.30. The number of nitrogens with zero attached hydrogens (tertiary/aromatic N) is 1. The quantitative estimate of drug-likeness (QED) is 0.821. The van der Waals surface area contributed by atoms with E-state index in [1.807, 2.05) is 0 Å². The van der Waals surface area contributed by atoms with Crippen molar-refractivity contribution in [2.75, 3.05) is 19.6 Å². The third kappa shape index (κ3) is 4.71. The molecule has 2 aromatic carbocycles. The van der Waals surface area contributed by atoms with Crippen LogP contribution in [0.2, 0.25) is 0 Å². The highest BCUT2D eigenvalue weighted by Crippen LogP contribution is 2.21. The zero-order chi connectivity index (χ0) is 20.3. The second-order valence-corrected chi connectivity index (χ2v) is 8.44. The van der Waals surface area contributed by atoms with Gasteiger partial charge in [0, 0.05) is 25.7 Å². The van der Waals surface area contributed by atoms with Crippen LogP contribution in [-0.4, -0.2) is 38.9 Å². The summed E-state index contributed by atoms with van der Waals surface area (Å²) in [5, 5.41) is 0. The zero-order valence-corrected chi connectivity index (χ0v) is 15.7. The lowest BCUT2D eigenvalue weighted by Gasteiger charge is -2.32. The first-order valence-corrected chi connectivity index (χ1v) is 10.2. The number of sulfonamides is 1. The van der Waals surface area contributed by atoms with Gasteiger partial charge in [-0.15, -0.1) is 0 Å². The van der Waals surface area contributed by atoms with Crippen LogP contribution >= 0.6 is 0 Å². The molecule has 3 rings (SSSR count). The van der Waals surface area contributed by atoms with Crippen molar-refractivity contribution in [1.82, 2.24) is 9.62 Å². The summed E-state index contributed by atoms with van der Waals surface area (Å²) in [7, 11) is -4.04. The van der Waals surface area contributed by atoms with Gasteiger partial charge in [-0.1, -0.05) is 12.1 Å². The highest BCUT2D eigenvalue weighted by atomic mass is 32.2. The maximum atomic E-state index is 13.8.